The van der Waals surface area contributed by atoms with E-state index in [1.54, 1.807) is 0 Å². The van der Waals surface area contributed by atoms with Crippen LogP contribution in [0.5, 0.6) is 0 Å². The first-order valence-corrected chi connectivity index (χ1v) is 5.73. The minimum Gasteiger partial charge on any atom is -0.480 e. The number of aromatic amines is 1. The summed E-state index contributed by atoms with van der Waals surface area (Å²) in [5.41, 5.74) is -1.30. The van der Waals surface area contributed by atoms with Gasteiger partial charge in [-0.15, -0.1) is 5.10 Å². The second-order valence-electron chi connectivity index (χ2n) is 4.58. The van der Waals surface area contributed by atoms with Gasteiger partial charge in [0.2, 0.25) is 5.82 Å². The number of aryl methyl sites for hydroxylation is 1. The van der Waals surface area contributed by atoms with E-state index >= 15 is 0 Å². The van der Waals surface area contributed by atoms with E-state index in [0.717, 1.165) is 11.3 Å². The molecule has 1 heterocycles. The van der Waals surface area contributed by atoms with Crippen molar-refractivity contribution in [2.75, 3.05) is 7.05 Å². The van der Waals surface area contributed by atoms with Crippen LogP contribution < -0.4 is 0 Å². The highest BCUT2D eigenvalue weighted by Gasteiger charge is 2.36. The summed E-state index contributed by atoms with van der Waals surface area (Å²) < 4.78 is 0. The summed E-state index contributed by atoms with van der Waals surface area (Å²) in [5.74, 6) is -0.971. The van der Waals surface area contributed by atoms with E-state index in [1.807, 2.05) is 6.92 Å². The van der Waals surface area contributed by atoms with Gasteiger partial charge in [0, 0.05) is 13.5 Å². The van der Waals surface area contributed by atoms with Crippen LogP contribution in [0.15, 0.2) is 0 Å². The number of amides is 1. The second-order valence-corrected chi connectivity index (χ2v) is 4.58. The molecule has 0 aliphatic heterocycles. The molecule has 1 aromatic heterocycles. The molecule has 7 nitrogen and oxygen atoms in total. The van der Waals surface area contributed by atoms with Crippen molar-refractivity contribution >= 4 is 11.9 Å². The summed E-state index contributed by atoms with van der Waals surface area (Å²) in [6, 6.07) is 0. The molecule has 18 heavy (non-hydrogen) atoms. The van der Waals surface area contributed by atoms with Crippen molar-refractivity contribution < 1.29 is 14.7 Å². The van der Waals surface area contributed by atoms with Gasteiger partial charge in [-0.2, -0.15) is 0 Å². The largest absolute Gasteiger partial charge is 0.480 e. The van der Waals surface area contributed by atoms with Gasteiger partial charge >= 0.3 is 5.97 Å². The number of aromatic nitrogens is 3. The Balaban J connectivity index is 2.89. The molecule has 1 aromatic rings. The first-order chi connectivity index (χ1) is 8.30. The Morgan fingerprint density at radius 2 is 2.06 bits per heavy atom. The van der Waals surface area contributed by atoms with Crippen molar-refractivity contribution in [3.63, 3.8) is 0 Å². The molecule has 0 atom stereocenters. The number of carboxylic acids is 1. The Morgan fingerprint density at radius 1 is 1.44 bits per heavy atom. The van der Waals surface area contributed by atoms with E-state index in [-0.39, 0.29) is 5.82 Å². The fraction of sp³-hybridized carbons (Fsp3) is 0.636. The number of likely N-dealkylation sites (N-methyl/N-ethyl adjacent to an activating group) is 1. The van der Waals surface area contributed by atoms with Gasteiger partial charge in [0.25, 0.3) is 5.91 Å². The molecule has 2 N–H and O–H groups in total. The zero-order valence-corrected chi connectivity index (χ0v) is 11.0. The van der Waals surface area contributed by atoms with E-state index in [9.17, 15) is 9.59 Å². The Labute approximate surface area is 105 Å². The highest BCUT2D eigenvalue weighted by Crippen LogP contribution is 2.14. The van der Waals surface area contributed by atoms with Crippen LogP contribution in [0.25, 0.3) is 0 Å². The van der Waals surface area contributed by atoms with Crippen molar-refractivity contribution in [2.24, 2.45) is 0 Å². The van der Waals surface area contributed by atoms with Crippen LogP contribution >= 0.6 is 0 Å². The number of hydrogen-bond acceptors (Lipinski definition) is 4. The zero-order valence-electron chi connectivity index (χ0n) is 11.0. The standard InChI is InChI=1S/C11H18N4O3/c1-5-6-7-12-8(14-13-7)9(16)15(4)11(2,3)10(17)18/h5-6H2,1-4H3,(H,17,18)(H,12,13,14). The lowest BCUT2D eigenvalue weighted by atomic mass is 10.0. The predicted molar refractivity (Wildman–Crippen MR) is 64.2 cm³/mol. The summed E-state index contributed by atoms with van der Waals surface area (Å²) in [4.78, 5) is 28.3. The van der Waals surface area contributed by atoms with Gasteiger partial charge in [0.1, 0.15) is 11.4 Å². The molecule has 0 aliphatic rings. The SMILES string of the molecule is CCCc1nc(C(=O)N(C)C(C)(C)C(=O)O)n[nH]1. The van der Waals surface area contributed by atoms with E-state index in [4.69, 9.17) is 5.11 Å². The molecule has 0 saturated carbocycles. The fourth-order valence-electron chi connectivity index (χ4n) is 1.29. The first kappa shape index (κ1) is 14.1. The number of nitrogens with zero attached hydrogens (tertiary/aromatic N) is 3. The van der Waals surface area contributed by atoms with Crippen LogP contribution in [0.1, 0.15) is 43.6 Å². The van der Waals surface area contributed by atoms with Crippen molar-refractivity contribution in [2.45, 2.75) is 39.2 Å². The second kappa shape index (κ2) is 5.16. The Bertz CT molecular complexity index is 453. The Hall–Kier alpha value is -1.92. The summed E-state index contributed by atoms with van der Waals surface area (Å²) in [5, 5.41) is 15.5. The molecule has 1 rings (SSSR count). The molecule has 0 aliphatic carbocycles. The average molecular weight is 254 g/mol. The molecule has 7 heteroatoms. The van der Waals surface area contributed by atoms with Gasteiger partial charge in [-0.25, -0.2) is 9.78 Å². The van der Waals surface area contributed by atoms with E-state index in [1.165, 1.54) is 20.9 Å². The van der Waals surface area contributed by atoms with Crippen molar-refractivity contribution in [3.8, 4) is 0 Å². The van der Waals surface area contributed by atoms with Gasteiger partial charge in [-0.1, -0.05) is 6.92 Å². The van der Waals surface area contributed by atoms with Crippen molar-refractivity contribution in [1.29, 1.82) is 0 Å². The molecule has 1 amide bonds. The Morgan fingerprint density at radius 3 is 2.56 bits per heavy atom. The highest BCUT2D eigenvalue weighted by molar-refractivity contribution is 5.94. The lowest BCUT2D eigenvalue weighted by Crippen LogP contribution is -2.51. The first-order valence-electron chi connectivity index (χ1n) is 5.73. The molecular weight excluding hydrogens is 236 g/mol. The molecule has 0 aromatic carbocycles. The lowest BCUT2D eigenvalue weighted by Gasteiger charge is -2.30. The molecule has 0 unspecified atom stereocenters. The van der Waals surface area contributed by atoms with E-state index in [2.05, 4.69) is 15.2 Å². The maximum absolute atomic E-state index is 12.0. The third-order valence-electron chi connectivity index (χ3n) is 2.88. The summed E-state index contributed by atoms with van der Waals surface area (Å²) in [6.45, 7) is 4.89. The molecule has 0 fully saturated rings. The van der Waals surface area contributed by atoms with Gasteiger partial charge < -0.3 is 10.0 Å². The number of carbonyl (C=O) groups excluding carboxylic acids is 1. The topological polar surface area (TPSA) is 99.2 Å². The van der Waals surface area contributed by atoms with Crippen LogP contribution in [0, 0.1) is 0 Å². The summed E-state index contributed by atoms with van der Waals surface area (Å²) in [7, 11) is 1.42. The molecule has 0 bridgehead atoms. The minimum atomic E-state index is -1.30. The maximum atomic E-state index is 12.0. The normalized spacial score (nSPS) is 11.3. The highest BCUT2D eigenvalue weighted by atomic mass is 16.4. The fourth-order valence-corrected chi connectivity index (χ4v) is 1.29. The third-order valence-corrected chi connectivity index (χ3v) is 2.88. The van der Waals surface area contributed by atoms with Gasteiger partial charge in [-0.3, -0.25) is 9.89 Å². The average Bonchev–Trinajstić information content (AvgIpc) is 2.76. The number of carbonyl (C=O) groups is 2. The molecule has 0 radical (unpaired) electrons. The molecule has 100 valence electrons. The Kier molecular flexibility index (Phi) is 4.05. The van der Waals surface area contributed by atoms with Crippen LogP contribution in [-0.2, 0) is 11.2 Å². The quantitative estimate of drug-likeness (QED) is 0.805. The van der Waals surface area contributed by atoms with Crippen molar-refractivity contribution in [1.82, 2.24) is 20.1 Å². The smallest absolute Gasteiger partial charge is 0.329 e. The van der Waals surface area contributed by atoms with E-state index < -0.39 is 17.4 Å². The van der Waals surface area contributed by atoms with Gasteiger partial charge in [-0.05, 0) is 20.3 Å². The van der Waals surface area contributed by atoms with Crippen LogP contribution in [0.4, 0.5) is 0 Å². The number of rotatable bonds is 5. The van der Waals surface area contributed by atoms with Gasteiger partial charge in [0.15, 0.2) is 0 Å². The van der Waals surface area contributed by atoms with Crippen LogP contribution in [0.3, 0.4) is 0 Å². The molecule has 0 saturated heterocycles. The monoisotopic (exact) mass is 254 g/mol. The van der Waals surface area contributed by atoms with Crippen LogP contribution in [-0.4, -0.2) is 49.7 Å². The number of hydrogen-bond donors (Lipinski definition) is 2. The summed E-state index contributed by atoms with van der Waals surface area (Å²) >= 11 is 0. The molecule has 0 spiro atoms. The third kappa shape index (κ3) is 2.66. The maximum Gasteiger partial charge on any atom is 0.329 e. The number of nitrogens with one attached hydrogen (secondary N) is 1. The minimum absolute atomic E-state index is 0.00437. The van der Waals surface area contributed by atoms with Crippen molar-refractivity contribution in [3.05, 3.63) is 11.6 Å². The summed E-state index contributed by atoms with van der Waals surface area (Å²) in [6.07, 6.45) is 1.59. The lowest BCUT2D eigenvalue weighted by molar-refractivity contribution is -0.147. The predicted octanol–water partition coefficient (Wildman–Crippen LogP) is 0.692. The van der Waals surface area contributed by atoms with E-state index in [0.29, 0.717) is 12.2 Å². The number of carboxylic acid groups (broad SMARTS) is 1. The van der Waals surface area contributed by atoms with Crippen LogP contribution in [0.2, 0.25) is 0 Å². The molecular formula is C11H18N4O3. The van der Waals surface area contributed by atoms with Gasteiger partial charge in [0.05, 0.1) is 0 Å². The zero-order chi connectivity index (χ0) is 13.9. The number of H-pyrrole nitrogens is 1. The number of aliphatic carboxylic acids is 1.